The average Bonchev–Trinajstić information content (AvgIpc) is 2.93. The molecule has 5 nitrogen and oxygen atoms in total. The molecule has 1 N–H and O–H groups in total. The van der Waals surface area contributed by atoms with Crippen LogP contribution in [-0.4, -0.2) is 11.0 Å². The second-order valence-corrected chi connectivity index (χ2v) is 9.15. The molecule has 0 bridgehead atoms. The number of carboxylic acid groups (broad SMARTS) is 1. The third kappa shape index (κ3) is 4.78. The fourth-order valence-electron chi connectivity index (χ4n) is 4.11. The molecule has 0 saturated carbocycles. The second kappa shape index (κ2) is 10.3. The van der Waals surface area contributed by atoms with Crippen molar-refractivity contribution >= 4 is 39.9 Å². The zero-order valence-electron chi connectivity index (χ0n) is 19.1. The van der Waals surface area contributed by atoms with Crippen LogP contribution in [0.2, 0.25) is 0 Å². The van der Waals surface area contributed by atoms with E-state index in [1.54, 1.807) is 42.4 Å². The Hall–Kier alpha value is -4.60. The summed E-state index contributed by atoms with van der Waals surface area (Å²) in [6.45, 7) is 0. The topological polar surface area (TPSA) is 88.8 Å². The van der Waals surface area contributed by atoms with E-state index >= 15 is 0 Å². The van der Waals surface area contributed by atoms with Gasteiger partial charge in [-0.25, -0.2) is 0 Å². The number of carbonyl (C=O) groups excluding carboxylic acids is 1. The van der Waals surface area contributed by atoms with Gasteiger partial charge in [-0.15, -0.1) is 11.8 Å². The number of nitrogens with one attached hydrogen (secondary N) is 1. The Balaban J connectivity index is 1.35. The summed E-state index contributed by atoms with van der Waals surface area (Å²) >= 11 is 1.68. The molecular formula is C30H20N3O2S-. The van der Waals surface area contributed by atoms with E-state index in [1.165, 1.54) is 0 Å². The molecule has 5 rings (SSSR count). The number of pyridine rings is 1. The van der Waals surface area contributed by atoms with Crippen molar-refractivity contribution in [2.75, 3.05) is 5.32 Å². The molecule has 0 aliphatic rings. The number of rotatable bonds is 7. The largest absolute Gasteiger partial charge is 0.545 e. The monoisotopic (exact) mass is 486 g/mol. The molecule has 0 amide bonds. The summed E-state index contributed by atoms with van der Waals surface area (Å²) in [6, 6.07) is 30.6. The standard InChI is InChI=1S/C30H21N3O2S/c31-17-22-13-14-27(25-7-3-1-6-24(22)25)33-28-18-32-16-15-29(28)36-19-20-9-11-21(12-10-20)23-5-2-4-8-26(23)30(34)35/h1-16,18,33H,19H2,(H,34,35)/p-1. The Morgan fingerprint density at radius 2 is 1.64 bits per heavy atom. The van der Waals surface area contributed by atoms with Gasteiger partial charge in [0.2, 0.25) is 0 Å². The molecule has 5 aromatic rings. The van der Waals surface area contributed by atoms with Crippen LogP contribution in [0.1, 0.15) is 21.5 Å². The van der Waals surface area contributed by atoms with Crippen LogP contribution in [0.3, 0.4) is 0 Å². The normalized spacial score (nSPS) is 10.6. The Kier molecular flexibility index (Phi) is 6.65. The van der Waals surface area contributed by atoms with Gasteiger partial charge < -0.3 is 15.2 Å². The lowest BCUT2D eigenvalue weighted by Crippen LogP contribution is -2.22. The highest BCUT2D eigenvalue weighted by atomic mass is 32.2. The minimum Gasteiger partial charge on any atom is -0.545 e. The molecule has 0 unspecified atom stereocenters. The number of aromatic nitrogens is 1. The number of hydrogen-bond acceptors (Lipinski definition) is 6. The lowest BCUT2D eigenvalue weighted by molar-refractivity contribution is -0.254. The summed E-state index contributed by atoms with van der Waals surface area (Å²) in [5, 5.41) is 26.3. The highest BCUT2D eigenvalue weighted by molar-refractivity contribution is 7.98. The second-order valence-electron chi connectivity index (χ2n) is 8.13. The van der Waals surface area contributed by atoms with Crippen LogP contribution in [-0.2, 0) is 5.75 Å². The van der Waals surface area contributed by atoms with Gasteiger partial charge in [0, 0.05) is 38.9 Å². The molecule has 174 valence electrons. The molecule has 0 fully saturated rings. The summed E-state index contributed by atoms with van der Waals surface area (Å²) in [6.07, 6.45) is 3.57. The predicted octanol–water partition coefficient (Wildman–Crippen LogP) is 6.17. The van der Waals surface area contributed by atoms with Crippen LogP contribution in [0.4, 0.5) is 11.4 Å². The van der Waals surface area contributed by atoms with Crippen molar-refractivity contribution in [2.45, 2.75) is 10.6 Å². The van der Waals surface area contributed by atoms with Crippen molar-refractivity contribution in [2.24, 2.45) is 0 Å². The van der Waals surface area contributed by atoms with Crippen molar-refractivity contribution in [1.82, 2.24) is 4.98 Å². The smallest absolute Gasteiger partial charge is 0.0998 e. The number of carboxylic acids is 1. The minimum atomic E-state index is -1.18. The number of anilines is 2. The van der Waals surface area contributed by atoms with Crippen LogP contribution in [0.15, 0.2) is 108 Å². The van der Waals surface area contributed by atoms with Crippen LogP contribution in [0.25, 0.3) is 21.9 Å². The summed E-state index contributed by atoms with van der Waals surface area (Å²) in [5.41, 5.74) is 5.22. The number of hydrogen-bond donors (Lipinski definition) is 1. The van der Waals surface area contributed by atoms with Crippen LogP contribution in [0, 0.1) is 11.3 Å². The number of thioether (sulfide) groups is 1. The SMILES string of the molecule is N#Cc1ccc(Nc2cnccc2SCc2ccc(-c3ccccc3C(=O)[O-])cc2)c2ccccc12. The van der Waals surface area contributed by atoms with E-state index in [-0.39, 0.29) is 5.56 Å². The number of fused-ring (bicyclic) bond motifs is 1. The maximum absolute atomic E-state index is 11.4. The highest BCUT2D eigenvalue weighted by Crippen LogP contribution is 2.34. The first-order valence-electron chi connectivity index (χ1n) is 11.3. The zero-order valence-corrected chi connectivity index (χ0v) is 20.0. The number of nitriles is 1. The number of carbonyl (C=O) groups is 1. The Morgan fingerprint density at radius 1 is 0.889 bits per heavy atom. The first-order valence-corrected chi connectivity index (χ1v) is 12.3. The molecule has 0 atom stereocenters. The Labute approximate surface area is 213 Å². The number of nitrogens with zero attached hydrogens (tertiary/aromatic N) is 2. The molecule has 4 aromatic carbocycles. The van der Waals surface area contributed by atoms with E-state index in [4.69, 9.17) is 0 Å². The highest BCUT2D eigenvalue weighted by Gasteiger charge is 2.10. The van der Waals surface area contributed by atoms with E-state index in [0.717, 1.165) is 43.9 Å². The van der Waals surface area contributed by atoms with Crippen molar-refractivity contribution in [3.8, 4) is 17.2 Å². The number of benzene rings is 4. The molecule has 0 saturated heterocycles. The lowest BCUT2D eigenvalue weighted by Gasteiger charge is -2.14. The summed E-state index contributed by atoms with van der Waals surface area (Å²) < 4.78 is 0. The maximum atomic E-state index is 11.4. The van der Waals surface area contributed by atoms with Gasteiger partial charge in [0.1, 0.15) is 0 Å². The van der Waals surface area contributed by atoms with E-state index in [2.05, 4.69) is 16.4 Å². The number of aromatic carboxylic acids is 1. The molecule has 6 heteroatoms. The van der Waals surface area contributed by atoms with Gasteiger partial charge in [-0.05, 0) is 34.9 Å². The molecular weight excluding hydrogens is 466 g/mol. The van der Waals surface area contributed by atoms with E-state index < -0.39 is 5.97 Å². The van der Waals surface area contributed by atoms with Crippen molar-refractivity contribution in [3.63, 3.8) is 0 Å². The first-order chi connectivity index (χ1) is 17.6. The molecule has 0 radical (unpaired) electrons. The molecule has 0 aliphatic carbocycles. The molecule has 1 heterocycles. The van der Waals surface area contributed by atoms with Crippen LogP contribution >= 0.6 is 11.8 Å². The summed E-state index contributed by atoms with van der Waals surface area (Å²) in [5.74, 6) is -0.451. The Bertz CT molecular complexity index is 1610. The average molecular weight is 487 g/mol. The fraction of sp³-hybridized carbons (Fsp3) is 0.0333. The van der Waals surface area contributed by atoms with Gasteiger partial charge in [0.15, 0.2) is 0 Å². The van der Waals surface area contributed by atoms with E-state index in [0.29, 0.717) is 11.1 Å². The zero-order chi connectivity index (χ0) is 24.9. The van der Waals surface area contributed by atoms with Crippen molar-refractivity contribution in [3.05, 3.63) is 120 Å². The van der Waals surface area contributed by atoms with Crippen LogP contribution in [0.5, 0.6) is 0 Å². The van der Waals surface area contributed by atoms with Gasteiger partial charge in [0.05, 0.1) is 29.5 Å². The Morgan fingerprint density at radius 3 is 2.42 bits per heavy atom. The van der Waals surface area contributed by atoms with Gasteiger partial charge in [0.25, 0.3) is 0 Å². The summed E-state index contributed by atoms with van der Waals surface area (Å²) in [7, 11) is 0. The molecule has 36 heavy (non-hydrogen) atoms. The molecule has 1 aromatic heterocycles. The van der Waals surface area contributed by atoms with E-state index in [1.807, 2.05) is 72.8 Å². The maximum Gasteiger partial charge on any atom is 0.0998 e. The van der Waals surface area contributed by atoms with Crippen molar-refractivity contribution in [1.29, 1.82) is 5.26 Å². The third-order valence-corrected chi connectivity index (χ3v) is 7.05. The van der Waals surface area contributed by atoms with Gasteiger partial charge >= 0.3 is 0 Å². The lowest BCUT2D eigenvalue weighted by atomic mass is 9.99. The van der Waals surface area contributed by atoms with Gasteiger partial charge in [-0.2, -0.15) is 5.26 Å². The molecule has 0 aliphatic heterocycles. The summed E-state index contributed by atoms with van der Waals surface area (Å²) in [4.78, 5) is 16.8. The van der Waals surface area contributed by atoms with Crippen LogP contribution < -0.4 is 10.4 Å². The fourth-order valence-corrected chi connectivity index (χ4v) is 5.04. The van der Waals surface area contributed by atoms with Gasteiger partial charge in [-0.1, -0.05) is 72.8 Å². The minimum absolute atomic E-state index is 0.183. The predicted molar refractivity (Wildman–Crippen MR) is 142 cm³/mol. The van der Waals surface area contributed by atoms with Crippen molar-refractivity contribution < 1.29 is 9.90 Å². The molecule has 0 spiro atoms. The van der Waals surface area contributed by atoms with E-state index in [9.17, 15) is 15.2 Å². The third-order valence-electron chi connectivity index (χ3n) is 5.90. The van der Waals surface area contributed by atoms with Gasteiger partial charge in [-0.3, -0.25) is 4.98 Å². The quantitative estimate of drug-likeness (QED) is 0.277. The first kappa shape index (κ1) is 23.2.